The lowest BCUT2D eigenvalue weighted by Crippen LogP contribution is -2.58. The van der Waals surface area contributed by atoms with Gasteiger partial charge in [0.05, 0.1) is 23.7 Å². The number of carbonyl (C=O) groups is 1. The molecule has 176 valence electrons. The van der Waals surface area contributed by atoms with Crippen molar-refractivity contribution in [3.63, 3.8) is 0 Å². The van der Waals surface area contributed by atoms with Crippen molar-refractivity contribution in [1.82, 2.24) is 19.9 Å². The van der Waals surface area contributed by atoms with Gasteiger partial charge in [0.15, 0.2) is 5.65 Å². The van der Waals surface area contributed by atoms with Crippen molar-refractivity contribution >= 4 is 27.7 Å². The number of ketones is 1. The summed E-state index contributed by atoms with van der Waals surface area (Å²) in [6.45, 7) is 2.25. The van der Waals surface area contributed by atoms with Crippen molar-refractivity contribution in [2.75, 3.05) is 6.54 Å². The monoisotopic (exact) mass is 458 g/mol. The molecule has 5 rings (SSSR count). The topological polar surface area (TPSA) is 61.9 Å². The van der Waals surface area contributed by atoms with E-state index in [1.807, 2.05) is 23.4 Å². The van der Waals surface area contributed by atoms with Crippen LogP contribution in [0.4, 0.5) is 13.2 Å². The molecule has 2 fully saturated rings. The quantitative estimate of drug-likeness (QED) is 0.540. The first-order valence-electron chi connectivity index (χ1n) is 11.9. The van der Waals surface area contributed by atoms with E-state index >= 15 is 0 Å². The van der Waals surface area contributed by atoms with Crippen LogP contribution in [0.2, 0.25) is 0 Å². The second kappa shape index (κ2) is 8.70. The van der Waals surface area contributed by atoms with Crippen LogP contribution in [0.3, 0.4) is 0 Å². The molecular weight excluding hydrogens is 429 g/mol. The first kappa shape index (κ1) is 22.3. The number of halogens is 3. The Morgan fingerprint density at radius 3 is 2.67 bits per heavy atom. The van der Waals surface area contributed by atoms with Gasteiger partial charge in [-0.1, -0.05) is 6.92 Å². The van der Waals surface area contributed by atoms with E-state index < -0.39 is 18.1 Å². The Kier molecular flexibility index (Phi) is 5.89. The predicted molar refractivity (Wildman–Crippen MR) is 121 cm³/mol. The van der Waals surface area contributed by atoms with E-state index in [0.717, 1.165) is 47.6 Å². The number of H-pyrrole nitrogens is 1. The molecule has 4 heterocycles. The Balaban J connectivity index is 1.39. The molecule has 2 aliphatic rings. The Bertz CT molecular complexity index is 1150. The SMILES string of the molecule is CCC(=O)C1C(C(F)(F)F)CCCN1C1CCC(c2cc[nH]c3cnc4nccc4c23)CC1. The highest BCUT2D eigenvalue weighted by molar-refractivity contribution is 6.05. The van der Waals surface area contributed by atoms with Crippen LogP contribution in [0.15, 0.2) is 30.7 Å². The minimum Gasteiger partial charge on any atom is -0.360 e. The predicted octanol–water partition coefficient (Wildman–Crippen LogP) is 5.76. The summed E-state index contributed by atoms with van der Waals surface area (Å²) in [5.74, 6) is -1.50. The minimum atomic E-state index is -4.34. The van der Waals surface area contributed by atoms with Gasteiger partial charge in [0.25, 0.3) is 0 Å². The summed E-state index contributed by atoms with van der Waals surface area (Å²) >= 11 is 0. The van der Waals surface area contributed by atoms with Gasteiger partial charge in [-0.15, -0.1) is 0 Å². The van der Waals surface area contributed by atoms with Crippen LogP contribution in [0.25, 0.3) is 21.9 Å². The van der Waals surface area contributed by atoms with Crippen LogP contribution in [0, 0.1) is 5.92 Å². The Labute approximate surface area is 190 Å². The molecule has 8 heteroatoms. The summed E-state index contributed by atoms with van der Waals surface area (Å²) < 4.78 is 41.3. The highest BCUT2D eigenvalue weighted by Crippen LogP contribution is 2.43. The summed E-state index contributed by atoms with van der Waals surface area (Å²) in [5.41, 5.74) is 2.94. The standard InChI is InChI=1S/C25H29F3N4O/c1-2-21(33)23-19(25(26,27)28)4-3-13-32(23)16-7-5-15(6-8-16)17-9-11-29-20-14-31-24-18(22(17)20)10-12-30-24/h9-12,14-16,19,23,29H,2-8,13H2,1H3. The van der Waals surface area contributed by atoms with Gasteiger partial charge in [0.1, 0.15) is 5.78 Å². The first-order chi connectivity index (χ1) is 15.9. The summed E-state index contributed by atoms with van der Waals surface area (Å²) in [4.78, 5) is 26.6. The fourth-order valence-electron chi connectivity index (χ4n) is 6.14. The van der Waals surface area contributed by atoms with Gasteiger partial charge < -0.3 is 4.98 Å². The van der Waals surface area contributed by atoms with Crippen LogP contribution < -0.4 is 0 Å². The molecule has 1 aliphatic heterocycles. The lowest BCUT2D eigenvalue weighted by atomic mass is 9.77. The number of nitrogens with zero attached hydrogens (tertiary/aromatic N) is 3. The number of likely N-dealkylation sites (tertiary alicyclic amines) is 1. The van der Waals surface area contributed by atoms with E-state index in [2.05, 4.69) is 21.0 Å². The summed E-state index contributed by atoms with van der Waals surface area (Å²) in [6.07, 6.45) is 5.25. The molecule has 0 bridgehead atoms. The van der Waals surface area contributed by atoms with Gasteiger partial charge in [-0.2, -0.15) is 13.2 Å². The van der Waals surface area contributed by atoms with Gasteiger partial charge in [-0.25, -0.2) is 9.97 Å². The van der Waals surface area contributed by atoms with Gasteiger partial charge in [0, 0.05) is 35.6 Å². The van der Waals surface area contributed by atoms with Crippen LogP contribution in [-0.4, -0.2) is 50.4 Å². The Morgan fingerprint density at radius 2 is 1.94 bits per heavy atom. The Hall–Kier alpha value is -2.48. The lowest BCUT2D eigenvalue weighted by molar-refractivity contribution is -0.205. The molecule has 2 atom stereocenters. The molecule has 0 spiro atoms. The number of pyridine rings is 2. The molecule has 0 aromatic carbocycles. The van der Waals surface area contributed by atoms with Crippen LogP contribution in [0.1, 0.15) is 63.4 Å². The molecule has 1 saturated heterocycles. The number of aromatic amines is 1. The fourth-order valence-corrected chi connectivity index (χ4v) is 6.14. The van der Waals surface area contributed by atoms with Crippen molar-refractivity contribution in [2.45, 2.75) is 76.0 Å². The van der Waals surface area contributed by atoms with Crippen molar-refractivity contribution in [3.8, 4) is 0 Å². The van der Waals surface area contributed by atoms with Gasteiger partial charge in [0.2, 0.25) is 0 Å². The van der Waals surface area contributed by atoms with Crippen molar-refractivity contribution < 1.29 is 18.0 Å². The number of Topliss-reactive ketones (excluding diaryl/α,β-unsaturated/α-hetero) is 1. The number of hydrogen-bond acceptors (Lipinski definition) is 4. The zero-order valence-corrected chi connectivity index (χ0v) is 18.7. The average molecular weight is 459 g/mol. The zero-order valence-electron chi connectivity index (χ0n) is 18.7. The molecule has 3 aromatic rings. The maximum absolute atomic E-state index is 13.8. The number of carbonyl (C=O) groups excluding carboxylic acids is 1. The third-order valence-electron chi connectivity index (χ3n) is 7.70. The molecule has 0 amide bonds. The van der Waals surface area contributed by atoms with Gasteiger partial charge in [-0.3, -0.25) is 9.69 Å². The van der Waals surface area contributed by atoms with Crippen LogP contribution >= 0.6 is 0 Å². The molecule has 3 aromatic heterocycles. The third-order valence-corrected chi connectivity index (χ3v) is 7.70. The van der Waals surface area contributed by atoms with Gasteiger partial charge in [-0.05, 0) is 68.7 Å². The van der Waals surface area contributed by atoms with Crippen LogP contribution in [0.5, 0.6) is 0 Å². The maximum Gasteiger partial charge on any atom is 0.393 e. The second-order valence-corrected chi connectivity index (χ2v) is 9.46. The van der Waals surface area contributed by atoms with E-state index in [1.54, 1.807) is 13.1 Å². The van der Waals surface area contributed by atoms with E-state index in [4.69, 9.17) is 0 Å². The number of piperidine rings is 1. The minimum absolute atomic E-state index is 0.0238. The van der Waals surface area contributed by atoms with Gasteiger partial charge >= 0.3 is 6.18 Å². The Morgan fingerprint density at radius 1 is 1.15 bits per heavy atom. The number of alkyl halides is 3. The van der Waals surface area contributed by atoms with E-state index in [9.17, 15) is 18.0 Å². The van der Waals surface area contributed by atoms with E-state index in [1.165, 1.54) is 5.56 Å². The average Bonchev–Trinajstić information content (AvgIpc) is 3.31. The molecule has 1 saturated carbocycles. The van der Waals surface area contributed by atoms with Crippen molar-refractivity contribution in [1.29, 1.82) is 0 Å². The second-order valence-electron chi connectivity index (χ2n) is 9.46. The van der Waals surface area contributed by atoms with Crippen molar-refractivity contribution in [2.24, 2.45) is 5.92 Å². The highest BCUT2D eigenvalue weighted by Gasteiger charge is 2.51. The molecule has 0 radical (unpaired) electrons. The summed E-state index contributed by atoms with van der Waals surface area (Å²) in [7, 11) is 0. The molecule has 2 unspecified atom stereocenters. The van der Waals surface area contributed by atoms with Crippen molar-refractivity contribution in [3.05, 3.63) is 36.3 Å². The molecule has 33 heavy (non-hydrogen) atoms. The smallest absolute Gasteiger partial charge is 0.360 e. The molecule has 1 N–H and O–H groups in total. The summed E-state index contributed by atoms with van der Waals surface area (Å²) in [5, 5.41) is 2.16. The third kappa shape index (κ3) is 4.03. The highest BCUT2D eigenvalue weighted by atomic mass is 19.4. The molecule has 5 nitrogen and oxygen atoms in total. The van der Waals surface area contributed by atoms with Crippen LogP contribution in [-0.2, 0) is 4.79 Å². The number of fused-ring (bicyclic) bond motifs is 3. The van der Waals surface area contributed by atoms with E-state index in [0.29, 0.717) is 18.9 Å². The zero-order chi connectivity index (χ0) is 23.2. The lowest BCUT2D eigenvalue weighted by Gasteiger charge is -2.47. The number of nitrogens with one attached hydrogen (secondary N) is 1. The first-order valence-corrected chi connectivity index (χ1v) is 11.9. The number of hydrogen-bond donors (Lipinski definition) is 1. The molecule has 1 aliphatic carbocycles. The maximum atomic E-state index is 13.8. The fraction of sp³-hybridized carbons (Fsp3) is 0.560. The summed E-state index contributed by atoms with van der Waals surface area (Å²) in [6, 6.07) is 3.10. The van der Waals surface area contributed by atoms with E-state index in [-0.39, 0.29) is 24.7 Å². The normalized spacial score (nSPS) is 27.3. The largest absolute Gasteiger partial charge is 0.393 e. The molecular formula is C25H29F3N4O. The number of aromatic nitrogens is 3. The number of rotatable bonds is 4.